The fourth-order valence-electron chi connectivity index (χ4n) is 0.380. The number of hydrogen-bond acceptors (Lipinski definition) is 1. The maximum Gasteiger partial charge on any atom is 0.321 e. The maximum atomic E-state index is 10.1. The zero-order chi connectivity index (χ0) is 7.28. The zero-order valence-corrected chi connectivity index (χ0v) is 7.15. The molecule has 0 radical (unpaired) electrons. The van der Waals surface area contributed by atoms with E-state index in [1.807, 2.05) is 0 Å². The molecule has 0 saturated carbocycles. The smallest absolute Gasteiger partial charge is 0.321 e. The monoisotopic (exact) mass is 214 g/mol. The summed E-state index contributed by atoms with van der Waals surface area (Å²) in [4.78, 5) is 10.1. The third-order valence-corrected chi connectivity index (χ3v) is 1.82. The van der Waals surface area contributed by atoms with Crippen LogP contribution in [0.15, 0.2) is 0 Å². The van der Waals surface area contributed by atoms with Gasteiger partial charge in [-0.3, -0.25) is 4.79 Å². The summed E-state index contributed by atoms with van der Waals surface area (Å²) in [6.45, 7) is 0. The van der Waals surface area contributed by atoms with Gasteiger partial charge in [0, 0.05) is 5.33 Å². The van der Waals surface area contributed by atoms with Crippen LogP contribution in [-0.4, -0.2) is 21.8 Å². The first-order valence-electron chi connectivity index (χ1n) is 2.61. The minimum Gasteiger partial charge on any atom is -0.480 e. The summed E-state index contributed by atoms with van der Waals surface area (Å²) >= 11 is 8.55. The molecule has 1 unspecified atom stereocenters. The Kier molecular flexibility index (Phi) is 5.19. The highest BCUT2D eigenvalue weighted by Crippen LogP contribution is 2.06. The molecule has 0 rings (SSSR count). The van der Waals surface area contributed by atoms with Crippen LogP contribution in [0.2, 0.25) is 0 Å². The molecule has 0 aliphatic carbocycles. The average molecular weight is 215 g/mol. The molecule has 4 heteroatoms. The number of alkyl halides is 2. The van der Waals surface area contributed by atoms with Gasteiger partial charge in [0.2, 0.25) is 0 Å². The molecule has 0 aromatic heterocycles. The Bertz CT molecular complexity index is 97.0. The molecule has 0 saturated heterocycles. The second-order valence-corrected chi connectivity index (χ2v) is 2.96. The summed E-state index contributed by atoms with van der Waals surface area (Å²) in [6.07, 6.45) is 1.34. The molecular weight excluding hydrogens is 207 g/mol. The van der Waals surface area contributed by atoms with E-state index >= 15 is 0 Å². The van der Waals surface area contributed by atoms with Crippen LogP contribution in [0, 0.1) is 0 Å². The van der Waals surface area contributed by atoms with E-state index in [1.54, 1.807) is 0 Å². The summed E-state index contributed by atoms with van der Waals surface area (Å²) in [5, 5.41) is 8.35. The molecule has 0 aliphatic rings. The molecule has 1 N–H and O–H groups in total. The van der Waals surface area contributed by atoms with Crippen molar-refractivity contribution in [1.29, 1.82) is 0 Å². The third kappa shape index (κ3) is 4.73. The number of carboxylic acid groups (broad SMARTS) is 1. The van der Waals surface area contributed by atoms with Crippen LogP contribution >= 0.6 is 27.5 Å². The van der Waals surface area contributed by atoms with Crippen LogP contribution in [0.25, 0.3) is 0 Å². The minimum atomic E-state index is -0.933. The summed E-state index contributed by atoms with van der Waals surface area (Å²) in [5.41, 5.74) is 0. The summed E-state index contributed by atoms with van der Waals surface area (Å²) in [6, 6.07) is 0. The van der Waals surface area contributed by atoms with Crippen LogP contribution in [0.3, 0.4) is 0 Å². The van der Waals surface area contributed by atoms with Gasteiger partial charge in [-0.25, -0.2) is 0 Å². The predicted octanol–water partition coefficient (Wildman–Crippen LogP) is 1.85. The summed E-state index contributed by atoms with van der Waals surface area (Å²) in [5.74, 6) is -0.933. The number of halogens is 2. The van der Waals surface area contributed by atoms with Crippen LogP contribution < -0.4 is 0 Å². The van der Waals surface area contributed by atoms with E-state index in [0.717, 1.165) is 11.8 Å². The maximum absolute atomic E-state index is 10.1. The van der Waals surface area contributed by atoms with Crippen molar-refractivity contribution in [3.63, 3.8) is 0 Å². The van der Waals surface area contributed by atoms with E-state index < -0.39 is 11.3 Å². The average Bonchev–Trinajstić information content (AvgIpc) is 1.82. The van der Waals surface area contributed by atoms with Crippen molar-refractivity contribution in [2.75, 3.05) is 5.33 Å². The Morgan fingerprint density at radius 1 is 1.78 bits per heavy atom. The van der Waals surface area contributed by atoms with Crippen molar-refractivity contribution in [3.05, 3.63) is 0 Å². The first kappa shape index (κ1) is 9.24. The molecular formula is C5H8BrClO2. The normalized spacial score (nSPS) is 13.1. The van der Waals surface area contributed by atoms with Gasteiger partial charge in [-0.2, -0.15) is 0 Å². The Morgan fingerprint density at radius 3 is 2.67 bits per heavy atom. The lowest BCUT2D eigenvalue weighted by Crippen LogP contribution is -2.12. The lowest BCUT2D eigenvalue weighted by molar-refractivity contribution is -0.136. The van der Waals surface area contributed by atoms with E-state index in [0.29, 0.717) is 6.42 Å². The molecule has 0 aromatic carbocycles. The zero-order valence-electron chi connectivity index (χ0n) is 4.81. The highest BCUT2D eigenvalue weighted by atomic mass is 79.9. The molecule has 0 fully saturated rings. The molecule has 9 heavy (non-hydrogen) atoms. The fourth-order valence-corrected chi connectivity index (χ4v) is 0.858. The lowest BCUT2D eigenvalue weighted by Gasteiger charge is -1.99. The topological polar surface area (TPSA) is 37.3 Å². The molecule has 0 spiro atoms. The van der Waals surface area contributed by atoms with Crippen LogP contribution in [0.5, 0.6) is 0 Å². The first-order valence-corrected chi connectivity index (χ1v) is 4.17. The number of carboxylic acids is 1. The predicted molar refractivity (Wildman–Crippen MR) is 40.3 cm³/mol. The molecule has 2 nitrogen and oxygen atoms in total. The molecule has 0 bridgehead atoms. The quantitative estimate of drug-likeness (QED) is 0.727. The van der Waals surface area contributed by atoms with Crippen molar-refractivity contribution in [1.82, 2.24) is 0 Å². The van der Waals surface area contributed by atoms with Gasteiger partial charge in [0.1, 0.15) is 5.38 Å². The van der Waals surface area contributed by atoms with Crippen molar-refractivity contribution in [2.24, 2.45) is 0 Å². The molecule has 0 amide bonds. The van der Waals surface area contributed by atoms with E-state index in [1.165, 1.54) is 0 Å². The van der Waals surface area contributed by atoms with E-state index in [-0.39, 0.29) is 0 Å². The molecule has 54 valence electrons. The minimum absolute atomic E-state index is 0.530. The van der Waals surface area contributed by atoms with Crippen molar-refractivity contribution in [2.45, 2.75) is 18.2 Å². The van der Waals surface area contributed by atoms with Gasteiger partial charge in [0.25, 0.3) is 0 Å². The van der Waals surface area contributed by atoms with Gasteiger partial charge in [0.15, 0.2) is 0 Å². The number of aliphatic carboxylic acids is 1. The SMILES string of the molecule is O=C(O)C(Cl)CCCBr. The van der Waals surface area contributed by atoms with Crippen molar-refractivity contribution < 1.29 is 9.90 Å². The van der Waals surface area contributed by atoms with Crippen molar-refractivity contribution in [3.8, 4) is 0 Å². The Morgan fingerprint density at radius 2 is 2.33 bits per heavy atom. The summed E-state index contributed by atoms with van der Waals surface area (Å²) in [7, 11) is 0. The standard InChI is InChI=1S/C5H8BrClO2/c6-3-1-2-4(7)5(8)9/h4H,1-3H2,(H,8,9). The summed E-state index contributed by atoms with van der Waals surface area (Å²) < 4.78 is 0. The second-order valence-electron chi connectivity index (χ2n) is 1.64. The Balaban J connectivity index is 3.27. The van der Waals surface area contributed by atoms with Crippen LogP contribution in [0.1, 0.15) is 12.8 Å². The van der Waals surface area contributed by atoms with Gasteiger partial charge >= 0.3 is 5.97 Å². The Labute approximate surface area is 67.3 Å². The van der Waals surface area contributed by atoms with Crippen LogP contribution in [-0.2, 0) is 4.79 Å². The van der Waals surface area contributed by atoms with Crippen LogP contribution in [0.4, 0.5) is 0 Å². The fraction of sp³-hybridized carbons (Fsp3) is 0.800. The van der Waals surface area contributed by atoms with Gasteiger partial charge in [-0.05, 0) is 12.8 Å². The van der Waals surface area contributed by atoms with Gasteiger partial charge in [-0.15, -0.1) is 11.6 Å². The van der Waals surface area contributed by atoms with Gasteiger partial charge < -0.3 is 5.11 Å². The second kappa shape index (κ2) is 5.06. The highest BCUT2D eigenvalue weighted by Gasteiger charge is 2.11. The van der Waals surface area contributed by atoms with E-state index in [9.17, 15) is 4.79 Å². The molecule has 0 heterocycles. The third-order valence-electron chi connectivity index (χ3n) is 0.859. The number of rotatable bonds is 4. The van der Waals surface area contributed by atoms with Gasteiger partial charge in [0.05, 0.1) is 0 Å². The van der Waals surface area contributed by atoms with E-state index in [2.05, 4.69) is 15.9 Å². The highest BCUT2D eigenvalue weighted by molar-refractivity contribution is 9.09. The first-order chi connectivity index (χ1) is 4.18. The number of carbonyl (C=O) groups is 1. The largest absolute Gasteiger partial charge is 0.480 e. The van der Waals surface area contributed by atoms with Gasteiger partial charge in [-0.1, -0.05) is 15.9 Å². The molecule has 0 aliphatic heterocycles. The molecule has 0 aromatic rings. The molecule has 1 atom stereocenters. The number of hydrogen-bond donors (Lipinski definition) is 1. The Hall–Kier alpha value is 0.240. The lowest BCUT2D eigenvalue weighted by atomic mass is 10.2. The van der Waals surface area contributed by atoms with E-state index in [4.69, 9.17) is 16.7 Å². The van der Waals surface area contributed by atoms with Crippen molar-refractivity contribution >= 4 is 33.5 Å².